The third-order valence-corrected chi connectivity index (χ3v) is 3.94. The number of benzene rings is 2. The van der Waals surface area contributed by atoms with E-state index < -0.39 is 0 Å². The number of nitrogens with zero attached hydrogens (tertiary/aromatic N) is 1. The van der Waals surface area contributed by atoms with E-state index in [0.717, 1.165) is 22.3 Å². The van der Waals surface area contributed by atoms with Crippen molar-refractivity contribution in [2.75, 3.05) is 18.1 Å². The summed E-state index contributed by atoms with van der Waals surface area (Å²) in [5.41, 5.74) is 10.4. The fourth-order valence-electron chi connectivity index (χ4n) is 2.17. The summed E-state index contributed by atoms with van der Waals surface area (Å²) >= 11 is 1.54. The Kier molecular flexibility index (Phi) is 3.09. The van der Waals surface area contributed by atoms with E-state index in [1.165, 1.54) is 22.5 Å². The van der Waals surface area contributed by atoms with Crippen molar-refractivity contribution in [2.24, 2.45) is 0 Å². The number of anilines is 2. The van der Waals surface area contributed by atoms with Gasteiger partial charge < -0.3 is 11.1 Å². The van der Waals surface area contributed by atoms with Crippen molar-refractivity contribution in [1.29, 1.82) is 0 Å². The number of nitrogens with two attached hydrogens (primary N) is 1. The van der Waals surface area contributed by atoms with Crippen molar-refractivity contribution < 1.29 is 0 Å². The molecule has 1 aromatic heterocycles. The normalized spacial score (nSPS) is 10.8. The second-order valence-corrected chi connectivity index (χ2v) is 5.54. The molecule has 3 aromatic rings. The maximum atomic E-state index is 5.73. The minimum absolute atomic E-state index is 0.629. The van der Waals surface area contributed by atoms with Gasteiger partial charge in [0.05, 0.1) is 10.2 Å². The molecule has 1 heterocycles. The number of aromatic nitrogens is 1. The van der Waals surface area contributed by atoms with Crippen LogP contribution in [0.4, 0.5) is 10.8 Å². The Morgan fingerprint density at radius 1 is 1.16 bits per heavy atom. The van der Waals surface area contributed by atoms with Crippen LogP contribution in [0, 0.1) is 0 Å². The molecule has 0 amide bonds. The number of nitrogens with one attached hydrogen (secondary N) is 1. The number of fused-ring (bicyclic) bond motifs is 1. The monoisotopic (exact) mass is 269 g/mol. The zero-order valence-electron chi connectivity index (χ0n) is 10.7. The molecule has 0 aliphatic carbocycles. The zero-order chi connectivity index (χ0) is 13.2. The van der Waals surface area contributed by atoms with Gasteiger partial charge in [-0.1, -0.05) is 29.5 Å². The molecule has 4 heteroatoms. The van der Waals surface area contributed by atoms with Crippen molar-refractivity contribution >= 4 is 32.4 Å². The molecule has 19 heavy (non-hydrogen) atoms. The van der Waals surface area contributed by atoms with E-state index in [1.807, 2.05) is 13.1 Å². The molecule has 96 valence electrons. The van der Waals surface area contributed by atoms with E-state index in [2.05, 4.69) is 46.7 Å². The first kappa shape index (κ1) is 12.0. The van der Waals surface area contributed by atoms with Gasteiger partial charge in [0.2, 0.25) is 0 Å². The van der Waals surface area contributed by atoms with Crippen molar-refractivity contribution in [3.05, 3.63) is 53.6 Å². The third-order valence-electron chi connectivity index (χ3n) is 3.09. The average Bonchev–Trinajstić information content (AvgIpc) is 2.78. The fraction of sp³-hybridized carbons (Fsp3) is 0.133. The largest absolute Gasteiger partial charge is 0.388 e. The standard InChI is InChI=1S/C15H15N3S/c1-17-12-4-2-3-10(8-12)7-11-5-6-13-14(9-11)19-15(16)18-13/h2-6,8-9,17H,7H2,1H3,(H2,16,18). The predicted molar refractivity (Wildman–Crippen MR) is 82.8 cm³/mol. The average molecular weight is 269 g/mol. The van der Waals surface area contributed by atoms with Crippen molar-refractivity contribution in [1.82, 2.24) is 4.98 Å². The van der Waals surface area contributed by atoms with Gasteiger partial charge in [0.1, 0.15) is 0 Å². The molecule has 0 spiro atoms. The maximum Gasteiger partial charge on any atom is 0.181 e. The molecular weight excluding hydrogens is 254 g/mol. The third kappa shape index (κ3) is 2.53. The molecule has 0 bridgehead atoms. The van der Waals surface area contributed by atoms with Gasteiger partial charge >= 0.3 is 0 Å². The van der Waals surface area contributed by atoms with E-state index in [-0.39, 0.29) is 0 Å². The summed E-state index contributed by atoms with van der Waals surface area (Å²) in [4.78, 5) is 4.27. The zero-order valence-corrected chi connectivity index (χ0v) is 11.5. The minimum atomic E-state index is 0.629. The van der Waals surface area contributed by atoms with Crippen molar-refractivity contribution in [2.45, 2.75) is 6.42 Å². The summed E-state index contributed by atoms with van der Waals surface area (Å²) in [6.45, 7) is 0. The Morgan fingerprint density at radius 2 is 2.00 bits per heavy atom. The Bertz CT molecular complexity index is 718. The lowest BCUT2D eigenvalue weighted by atomic mass is 10.0. The number of nitrogen functional groups attached to an aromatic ring is 1. The first-order valence-electron chi connectivity index (χ1n) is 6.16. The second-order valence-electron chi connectivity index (χ2n) is 4.48. The van der Waals surface area contributed by atoms with Crippen LogP contribution in [0.25, 0.3) is 10.2 Å². The summed E-state index contributed by atoms with van der Waals surface area (Å²) in [6, 6.07) is 14.8. The van der Waals surface area contributed by atoms with Gasteiger partial charge in [-0.3, -0.25) is 0 Å². The Hall–Kier alpha value is -2.07. The van der Waals surface area contributed by atoms with Crippen LogP contribution in [0.5, 0.6) is 0 Å². The van der Waals surface area contributed by atoms with E-state index in [9.17, 15) is 0 Å². The molecule has 0 unspecified atom stereocenters. The van der Waals surface area contributed by atoms with E-state index >= 15 is 0 Å². The predicted octanol–water partition coefficient (Wildman–Crippen LogP) is 3.51. The molecule has 0 aliphatic rings. The van der Waals surface area contributed by atoms with Crippen LogP contribution >= 0.6 is 11.3 Å². The summed E-state index contributed by atoms with van der Waals surface area (Å²) < 4.78 is 1.15. The molecule has 0 saturated heterocycles. The smallest absolute Gasteiger partial charge is 0.181 e. The van der Waals surface area contributed by atoms with E-state index in [4.69, 9.17) is 5.73 Å². The van der Waals surface area contributed by atoms with E-state index in [0.29, 0.717) is 5.13 Å². The van der Waals surface area contributed by atoms with Gasteiger partial charge in [0, 0.05) is 12.7 Å². The van der Waals surface area contributed by atoms with Crippen LogP contribution in [0.2, 0.25) is 0 Å². The van der Waals surface area contributed by atoms with Crippen LogP contribution < -0.4 is 11.1 Å². The van der Waals surface area contributed by atoms with Gasteiger partial charge in [-0.25, -0.2) is 4.98 Å². The lowest BCUT2D eigenvalue weighted by molar-refractivity contribution is 1.20. The molecule has 0 saturated carbocycles. The SMILES string of the molecule is CNc1cccc(Cc2ccc3nc(N)sc3c2)c1. The first-order valence-corrected chi connectivity index (χ1v) is 6.98. The van der Waals surface area contributed by atoms with Gasteiger partial charge in [-0.2, -0.15) is 0 Å². The van der Waals surface area contributed by atoms with Crippen molar-refractivity contribution in [3.8, 4) is 0 Å². The quantitative estimate of drug-likeness (QED) is 0.765. The highest BCUT2D eigenvalue weighted by Gasteiger charge is 2.03. The summed E-state index contributed by atoms with van der Waals surface area (Å²) in [7, 11) is 1.94. The number of rotatable bonds is 3. The Labute approximate surface area is 116 Å². The Morgan fingerprint density at radius 3 is 2.84 bits per heavy atom. The fourth-order valence-corrected chi connectivity index (χ4v) is 2.97. The highest BCUT2D eigenvalue weighted by molar-refractivity contribution is 7.22. The van der Waals surface area contributed by atoms with Crippen LogP contribution in [-0.2, 0) is 6.42 Å². The lowest BCUT2D eigenvalue weighted by Crippen LogP contribution is -1.91. The number of hydrogen-bond acceptors (Lipinski definition) is 4. The van der Waals surface area contributed by atoms with Gasteiger partial charge in [-0.05, 0) is 41.8 Å². The highest BCUT2D eigenvalue weighted by atomic mass is 32.1. The van der Waals surface area contributed by atoms with Crippen LogP contribution in [0.1, 0.15) is 11.1 Å². The Balaban J connectivity index is 1.91. The lowest BCUT2D eigenvalue weighted by Gasteiger charge is -2.05. The van der Waals surface area contributed by atoms with Gasteiger partial charge in [0.15, 0.2) is 5.13 Å². The molecular formula is C15H15N3S. The summed E-state index contributed by atoms with van der Waals surface area (Å²) in [5, 5.41) is 3.79. The van der Waals surface area contributed by atoms with Crippen LogP contribution in [0.3, 0.4) is 0 Å². The molecule has 3 nitrogen and oxygen atoms in total. The van der Waals surface area contributed by atoms with Crippen LogP contribution in [0.15, 0.2) is 42.5 Å². The highest BCUT2D eigenvalue weighted by Crippen LogP contribution is 2.25. The van der Waals surface area contributed by atoms with Gasteiger partial charge in [0.25, 0.3) is 0 Å². The first-order chi connectivity index (χ1) is 9.24. The maximum absolute atomic E-state index is 5.73. The summed E-state index contributed by atoms with van der Waals surface area (Å²) in [6.07, 6.45) is 0.920. The van der Waals surface area contributed by atoms with Gasteiger partial charge in [-0.15, -0.1) is 0 Å². The van der Waals surface area contributed by atoms with Crippen molar-refractivity contribution in [3.63, 3.8) is 0 Å². The van der Waals surface area contributed by atoms with E-state index in [1.54, 1.807) is 0 Å². The molecule has 0 fully saturated rings. The topological polar surface area (TPSA) is 50.9 Å². The second kappa shape index (κ2) is 4.90. The number of hydrogen-bond donors (Lipinski definition) is 2. The summed E-state index contributed by atoms with van der Waals surface area (Å²) in [5.74, 6) is 0. The van der Waals surface area contributed by atoms with Crippen LogP contribution in [-0.4, -0.2) is 12.0 Å². The minimum Gasteiger partial charge on any atom is -0.388 e. The molecule has 0 aliphatic heterocycles. The molecule has 0 radical (unpaired) electrons. The number of thiazole rings is 1. The molecule has 0 atom stereocenters. The molecule has 3 N–H and O–H groups in total. The molecule has 3 rings (SSSR count). The molecule has 2 aromatic carbocycles.